The molecule has 0 amide bonds. The number of aromatic nitrogens is 1. The molecule has 0 atom stereocenters. The molecule has 2 heterocycles. The number of para-hydroxylation sites is 4. The summed E-state index contributed by atoms with van der Waals surface area (Å²) in [6.07, 6.45) is 5.13. The minimum Gasteiger partial charge on any atom is -1.00 e. The molecule has 0 saturated heterocycles. The van der Waals surface area contributed by atoms with Gasteiger partial charge in [-0.3, -0.25) is 0 Å². The molecule has 0 spiro atoms. The van der Waals surface area contributed by atoms with Crippen LogP contribution in [0.15, 0.2) is 70.5 Å². The highest BCUT2D eigenvalue weighted by Gasteiger charge is 2.25. The number of hydrogen-bond donors (Lipinski definition) is 0. The van der Waals surface area contributed by atoms with Crippen LogP contribution in [0.25, 0.3) is 17.2 Å². The van der Waals surface area contributed by atoms with Gasteiger partial charge < -0.3 is 38.0 Å². The number of anilines is 1. The lowest BCUT2D eigenvalue weighted by Crippen LogP contribution is -3.00. The first-order valence-corrected chi connectivity index (χ1v) is 9.63. The lowest BCUT2D eigenvalue weighted by molar-refractivity contribution is -0.674. The molecule has 0 aliphatic carbocycles. The normalized spacial score (nSPS) is 14.9. The quantitative estimate of drug-likeness (QED) is 0.408. The van der Waals surface area contributed by atoms with Gasteiger partial charge in [0.15, 0.2) is 5.75 Å². The Morgan fingerprint density at radius 1 is 1.04 bits per heavy atom. The average molecular weight is 488 g/mol. The number of rotatable bonds is 5. The van der Waals surface area contributed by atoms with Crippen molar-refractivity contribution in [2.75, 3.05) is 11.4 Å². The van der Waals surface area contributed by atoms with Crippen LogP contribution in [0.3, 0.4) is 0 Å². The second kappa shape index (κ2) is 8.82. The predicted octanol–water partition coefficient (Wildman–Crippen LogP) is 2.30. The molecule has 0 radical (unpaired) electrons. The maximum atomic E-state index is 6.10. The van der Waals surface area contributed by atoms with Crippen molar-refractivity contribution in [2.24, 2.45) is 0 Å². The fourth-order valence-corrected chi connectivity index (χ4v) is 3.54. The second-order valence-electron chi connectivity index (χ2n) is 6.52. The third-order valence-corrected chi connectivity index (χ3v) is 4.93. The van der Waals surface area contributed by atoms with Crippen molar-refractivity contribution in [1.29, 1.82) is 0 Å². The van der Waals surface area contributed by atoms with Gasteiger partial charge in [0.1, 0.15) is 6.54 Å². The Balaban J connectivity index is 0.00000225. The highest BCUT2D eigenvalue weighted by Crippen LogP contribution is 2.38. The fraction of sp³-hybridized carbons (Fsp3) is 0.261. The van der Waals surface area contributed by atoms with Gasteiger partial charge in [0.2, 0.25) is 11.5 Å². The molecule has 28 heavy (non-hydrogen) atoms. The first-order valence-electron chi connectivity index (χ1n) is 9.63. The van der Waals surface area contributed by atoms with E-state index >= 15 is 0 Å². The number of aryl methyl sites for hydroxylation is 1. The van der Waals surface area contributed by atoms with E-state index in [0.717, 1.165) is 59.4 Å². The van der Waals surface area contributed by atoms with Crippen LogP contribution in [-0.4, -0.2) is 6.54 Å². The Morgan fingerprint density at radius 2 is 1.79 bits per heavy atom. The maximum absolute atomic E-state index is 6.10. The Bertz CT molecular complexity index is 1040. The number of halogens is 1. The summed E-state index contributed by atoms with van der Waals surface area (Å²) < 4.78 is 14.4. The van der Waals surface area contributed by atoms with Crippen LogP contribution in [0.2, 0.25) is 0 Å². The highest BCUT2D eigenvalue weighted by atomic mass is 127. The minimum atomic E-state index is 0. The number of oxazole rings is 1. The summed E-state index contributed by atoms with van der Waals surface area (Å²) in [5.74, 6) is 2.64. The van der Waals surface area contributed by atoms with Gasteiger partial charge in [0.25, 0.3) is 5.52 Å². The number of ether oxygens (including phenoxy) is 1. The summed E-state index contributed by atoms with van der Waals surface area (Å²) in [5.41, 5.74) is 4.31. The molecular weight excluding hydrogens is 463 g/mol. The molecule has 1 aliphatic rings. The van der Waals surface area contributed by atoms with Gasteiger partial charge >= 0.3 is 5.89 Å². The summed E-state index contributed by atoms with van der Waals surface area (Å²) in [5, 5.41) is 0. The lowest BCUT2D eigenvalue weighted by atomic mass is 10.2. The maximum Gasteiger partial charge on any atom is 0.374 e. The Kier molecular flexibility index (Phi) is 6.44. The van der Waals surface area contributed by atoms with E-state index in [9.17, 15) is 0 Å². The SMILES string of the molecule is CCC(=Cc1oc2ccccc2[n+]1CC)C=C1Oc2ccccc2N1CC.[I-]. The van der Waals surface area contributed by atoms with E-state index in [2.05, 4.69) is 54.5 Å². The van der Waals surface area contributed by atoms with Gasteiger partial charge in [-0.2, -0.15) is 4.57 Å². The van der Waals surface area contributed by atoms with Crippen molar-refractivity contribution < 1.29 is 37.7 Å². The van der Waals surface area contributed by atoms with Gasteiger partial charge in [-0.15, -0.1) is 0 Å². The molecule has 4 nitrogen and oxygen atoms in total. The lowest BCUT2D eigenvalue weighted by Gasteiger charge is -2.15. The van der Waals surface area contributed by atoms with Gasteiger partial charge in [-0.05, 0) is 44.0 Å². The minimum absolute atomic E-state index is 0. The molecule has 0 bridgehead atoms. The number of hydrogen-bond acceptors (Lipinski definition) is 3. The molecule has 3 aromatic rings. The first kappa shape index (κ1) is 20.5. The zero-order valence-corrected chi connectivity index (χ0v) is 18.6. The van der Waals surface area contributed by atoms with E-state index in [1.165, 1.54) is 0 Å². The smallest absolute Gasteiger partial charge is 0.374 e. The van der Waals surface area contributed by atoms with E-state index in [1.807, 2.05) is 36.4 Å². The third-order valence-electron chi connectivity index (χ3n) is 4.93. The van der Waals surface area contributed by atoms with Crippen LogP contribution in [0, 0.1) is 0 Å². The first-order chi connectivity index (χ1) is 13.2. The average Bonchev–Trinajstić information content (AvgIpc) is 3.23. The van der Waals surface area contributed by atoms with Crippen LogP contribution < -0.4 is 38.2 Å². The van der Waals surface area contributed by atoms with Gasteiger partial charge in [0, 0.05) is 18.7 Å². The van der Waals surface area contributed by atoms with Crippen LogP contribution in [0.5, 0.6) is 5.75 Å². The van der Waals surface area contributed by atoms with Crippen molar-refractivity contribution in [3.8, 4) is 5.75 Å². The topological polar surface area (TPSA) is 29.5 Å². The molecule has 146 valence electrons. The Labute approximate surface area is 183 Å². The van der Waals surface area contributed by atoms with E-state index in [4.69, 9.17) is 9.15 Å². The molecule has 2 aromatic carbocycles. The number of nitrogens with zero attached hydrogens (tertiary/aromatic N) is 2. The molecule has 0 fully saturated rings. The third kappa shape index (κ3) is 3.68. The van der Waals surface area contributed by atoms with Gasteiger partial charge in [0.05, 0.1) is 11.8 Å². The molecule has 0 N–H and O–H groups in total. The molecule has 1 aromatic heterocycles. The summed E-state index contributed by atoms with van der Waals surface area (Å²) >= 11 is 0. The van der Waals surface area contributed by atoms with E-state index < -0.39 is 0 Å². The second-order valence-corrected chi connectivity index (χ2v) is 6.52. The van der Waals surface area contributed by atoms with E-state index in [1.54, 1.807) is 0 Å². The number of allylic oxidation sites excluding steroid dienone is 2. The van der Waals surface area contributed by atoms with Gasteiger partial charge in [-0.1, -0.05) is 31.2 Å². The molecule has 0 saturated carbocycles. The summed E-state index contributed by atoms with van der Waals surface area (Å²) in [6, 6.07) is 16.3. The Hall–Kier alpha value is -2.28. The molecule has 0 unspecified atom stereocenters. The standard InChI is InChI=1S/C23H25N2O2.HI/c1-4-17(15-22-24(5-2)18-11-7-9-13-20(18)26-22)16-23-25(6-3)19-12-8-10-14-21(19)27-23;/h7-16H,4-6H2,1-3H3;1H/q+1;/p-1. The van der Waals surface area contributed by atoms with Crippen LogP contribution in [0.4, 0.5) is 5.69 Å². The zero-order valence-electron chi connectivity index (χ0n) is 16.5. The fourth-order valence-electron chi connectivity index (χ4n) is 3.54. The summed E-state index contributed by atoms with van der Waals surface area (Å²) in [6.45, 7) is 8.15. The molecule has 4 rings (SSSR count). The molecule has 1 aliphatic heterocycles. The number of benzene rings is 2. The van der Waals surface area contributed by atoms with Crippen molar-refractivity contribution in [3.63, 3.8) is 0 Å². The van der Waals surface area contributed by atoms with Crippen LogP contribution >= 0.6 is 0 Å². The van der Waals surface area contributed by atoms with E-state index in [-0.39, 0.29) is 24.0 Å². The summed E-state index contributed by atoms with van der Waals surface area (Å²) in [7, 11) is 0. The highest BCUT2D eigenvalue weighted by molar-refractivity contribution is 5.70. The monoisotopic (exact) mass is 488 g/mol. The van der Waals surface area contributed by atoms with E-state index in [0.29, 0.717) is 0 Å². The van der Waals surface area contributed by atoms with Crippen molar-refractivity contribution in [1.82, 2.24) is 0 Å². The van der Waals surface area contributed by atoms with Crippen molar-refractivity contribution in [3.05, 3.63) is 72.0 Å². The molecule has 5 heteroatoms. The van der Waals surface area contributed by atoms with Crippen LogP contribution in [0.1, 0.15) is 33.1 Å². The Morgan fingerprint density at radius 3 is 2.54 bits per heavy atom. The summed E-state index contributed by atoms with van der Waals surface area (Å²) in [4.78, 5) is 2.20. The number of fused-ring (bicyclic) bond motifs is 2. The van der Waals surface area contributed by atoms with Gasteiger partial charge in [-0.25, -0.2) is 0 Å². The van der Waals surface area contributed by atoms with Crippen LogP contribution in [-0.2, 0) is 6.54 Å². The predicted molar refractivity (Wildman–Crippen MR) is 109 cm³/mol. The van der Waals surface area contributed by atoms with Crippen molar-refractivity contribution >= 4 is 22.9 Å². The largest absolute Gasteiger partial charge is 1.00 e. The van der Waals surface area contributed by atoms with Crippen molar-refractivity contribution in [2.45, 2.75) is 33.7 Å². The molecular formula is C23H25IN2O2. The zero-order chi connectivity index (χ0) is 18.8.